The number of hydrogen-bond donors (Lipinski definition) is 1. The van der Waals surface area contributed by atoms with Crippen molar-refractivity contribution in [2.45, 2.75) is 58.1 Å². The molecule has 0 amide bonds. The first-order chi connectivity index (χ1) is 6.58. The maximum Gasteiger partial charge on any atom is 0.0695 e. The van der Waals surface area contributed by atoms with Gasteiger partial charge in [0.25, 0.3) is 0 Å². The third kappa shape index (κ3) is 2.12. The van der Waals surface area contributed by atoms with Crippen molar-refractivity contribution in [2.24, 2.45) is 5.41 Å². The van der Waals surface area contributed by atoms with E-state index in [0.29, 0.717) is 11.5 Å². The molecule has 2 nitrogen and oxygen atoms in total. The minimum Gasteiger partial charge on any atom is -0.391 e. The van der Waals surface area contributed by atoms with Crippen LogP contribution in [0.4, 0.5) is 0 Å². The highest BCUT2D eigenvalue weighted by Gasteiger charge is 2.35. The van der Waals surface area contributed by atoms with E-state index >= 15 is 0 Å². The van der Waals surface area contributed by atoms with Crippen LogP contribution in [0.25, 0.3) is 0 Å². The molecule has 1 aliphatic heterocycles. The second kappa shape index (κ2) is 3.82. The standard InChI is InChI=1S/C12H23NO/c1-12(2)7-4-8-13(9-12)10-5-3-6-11(10)14/h10-11,14H,3-9H2,1-2H3/t10-,11-/m1/s1. The Morgan fingerprint density at radius 2 is 2.00 bits per heavy atom. The normalized spacial score (nSPS) is 38.8. The Morgan fingerprint density at radius 3 is 2.57 bits per heavy atom. The summed E-state index contributed by atoms with van der Waals surface area (Å²) in [5, 5.41) is 9.87. The van der Waals surface area contributed by atoms with Crippen molar-refractivity contribution in [1.29, 1.82) is 0 Å². The monoisotopic (exact) mass is 197 g/mol. The van der Waals surface area contributed by atoms with Gasteiger partial charge in [0.05, 0.1) is 6.10 Å². The van der Waals surface area contributed by atoms with Gasteiger partial charge in [-0.25, -0.2) is 0 Å². The summed E-state index contributed by atoms with van der Waals surface area (Å²) in [4.78, 5) is 2.53. The molecule has 2 rings (SSSR count). The molecule has 2 atom stereocenters. The van der Waals surface area contributed by atoms with Crippen molar-refractivity contribution in [2.75, 3.05) is 13.1 Å². The molecule has 0 radical (unpaired) electrons. The van der Waals surface area contributed by atoms with E-state index in [1.54, 1.807) is 0 Å². The summed E-state index contributed by atoms with van der Waals surface area (Å²) in [6.45, 7) is 7.07. The maximum absolute atomic E-state index is 9.87. The van der Waals surface area contributed by atoms with Crippen LogP contribution in [0.15, 0.2) is 0 Å². The van der Waals surface area contributed by atoms with Crippen LogP contribution in [-0.4, -0.2) is 35.2 Å². The van der Waals surface area contributed by atoms with Gasteiger partial charge in [0, 0.05) is 12.6 Å². The third-order valence-corrected chi connectivity index (χ3v) is 3.84. The average Bonchev–Trinajstić information content (AvgIpc) is 2.49. The molecule has 2 aliphatic rings. The molecule has 1 heterocycles. The zero-order valence-corrected chi connectivity index (χ0v) is 9.50. The molecule has 0 aromatic carbocycles. The quantitative estimate of drug-likeness (QED) is 0.695. The number of hydrogen-bond acceptors (Lipinski definition) is 2. The Kier molecular flexibility index (Phi) is 2.85. The van der Waals surface area contributed by atoms with Gasteiger partial charge in [0.15, 0.2) is 0 Å². The Hall–Kier alpha value is -0.0800. The fourth-order valence-electron chi connectivity index (χ4n) is 3.10. The van der Waals surface area contributed by atoms with Crippen LogP contribution in [0.2, 0.25) is 0 Å². The Bertz CT molecular complexity index is 202. The van der Waals surface area contributed by atoms with Crippen molar-refractivity contribution >= 4 is 0 Å². The van der Waals surface area contributed by atoms with Crippen molar-refractivity contribution in [3.05, 3.63) is 0 Å². The topological polar surface area (TPSA) is 23.5 Å². The Morgan fingerprint density at radius 1 is 1.21 bits per heavy atom. The lowest BCUT2D eigenvalue weighted by molar-refractivity contribution is 0.0222. The molecule has 0 aromatic rings. The van der Waals surface area contributed by atoms with E-state index in [1.807, 2.05) is 0 Å². The summed E-state index contributed by atoms with van der Waals surface area (Å²) in [6, 6.07) is 0.467. The maximum atomic E-state index is 9.87. The first-order valence-electron chi connectivity index (χ1n) is 6.01. The number of nitrogens with zero attached hydrogens (tertiary/aromatic N) is 1. The Labute approximate surface area is 87.3 Å². The van der Waals surface area contributed by atoms with Crippen LogP contribution in [-0.2, 0) is 0 Å². The van der Waals surface area contributed by atoms with E-state index in [-0.39, 0.29) is 6.10 Å². The molecule has 2 fully saturated rings. The summed E-state index contributed by atoms with van der Waals surface area (Å²) >= 11 is 0. The smallest absolute Gasteiger partial charge is 0.0695 e. The van der Waals surface area contributed by atoms with E-state index in [2.05, 4.69) is 18.7 Å². The summed E-state index contributed by atoms with van der Waals surface area (Å²) in [5.41, 5.74) is 0.459. The average molecular weight is 197 g/mol. The molecule has 2 heteroatoms. The predicted octanol–water partition coefficient (Wildman–Crippen LogP) is 2.02. The molecule has 1 aliphatic carbocycles. The zero-order chi connectivity index (χ0) is 10.2. The first-order valence-corrected chi connectivity index (χ1v) is 6.01. The van der Waals surface area contributed by atoms with Crippen LogP contribution in [0.1, 0.15) is 46.0 Å². The van der Waals surface area contributed by atoms with E-state index in [4.69, 9.17) is 0 Å². The molecule has 0 unspecified atom stereocenters. The fourth-order valence-corrected chi connectivity index (χ4v) is 3.10. The molecule has 1 N–H and O–H groups in total. The van der Waals surface area contributed by atoms with Gasteiger partial charge in [-0.2, -0.15) is 0 Å². The second-order valence-corrected chi connectivity index (χ2v) is 5.80. The van der Waals surface area contributed by atoms with Gasteiger partial charge in [0.2, 0.25) is 0 Å². The number of aliphatic hydroxyl groups is 1. The van der Waals surface area contributed by atoms with Gasteiger partial charge >= 0.3 is 0 Å². The first kappa shape index (κ1) is 10.4. The van der Waals surface area contributed by atoms with Gasteiger partial charge in [-0.05, 0) is 44.1 Å². The fraction of sp³-hybridized carbons (Fsp3) is 1.00. The van der Waals surface area contributed by atoms with Crippen molar-refractivity contribution in [1.82, 2.24) is 4.90 Å². The molecule has 14 heavy (non-hydrogen) atoms. The van der Waals surface area contributed by atoms with Crippen LogP contribution >= 0.6 is 0 Å². The van der Waals surface area contributed by atoms with E-state index < -0.39 is 0 Å². The van der Waals surface area contributed by atoms with E-state index in [9.17, 15) is 5.11 Å². The highest BCUT2D eigenvalue weighted by molar-refractivity contribution is 4.90. The minimum atomic E-state index is -0.0519. The van der Waals surface area contributed by atoms with Gasteiger partial charge in [-0.1, -0.05) is 13.8 Å². The van der Waals surface area contributed by atoms with Gasteiger partial charge in [-0.15, -0.1) is 0 Å². The third-order valence-electron chi connectivity index (χ3n) is 3.84. The molecule has 0 bridgehead atoms. The van der Waals surface area contributed by atoms with Crippen LogP contribution in [0.3, 0.4) is 0 Å². The second-order valence-electron chi connectivity index (χ2n) is 5.80. The van der Waals surface area contributed by atoms with Gasteiger partial charge in [0.1, 0.15) is 0 Å². The minimum absolute atomic E-state index is 0.0519. The Balaban J connectivity index is 1.97. The summed E-state index contributed by atoms with van der Waals surface area (Å²) < 4.78 is 0. The molecule has 82 valence electrons. The lowest BCUT2D eigenvalue weighted by Gasteiger charge is -2.42. The number of piperidine rings is 1. The van der Waals surface area contributed by atoms with Gasteiger partial charge < -0.3 is 5.11 Å². The molecule has 0 spiro atoms. The van der Waals surface area contributed by atoms with Crippen molar-refractivity contribution in [3.63, 3.8) is 0 Å². The zero-order valence-electron chi connectivity index (χ0n) is 9.50. The summed E-state index contributed by atoms with van der Waals surface area (Å²) in [7, 11) is 0. The van der Waals surface area contributed by atoms with Crippen molar-refractivity contribution in [3.8, 4) is 0 Å². The largest absolute Gasteiger partial charge is 0.391 e. The number of aliphatic hydroxyl groups excluding tert-OH is 1. The molecular weight excluding hydrogens is 174 g/mol. The molecule has 1 saturated heterocycles. The van der Waals surface area contributed by atoms with E-state index in [1.165, 1.54) is 38.8 Å². The van der Waals surface area contributed by atoms with Crippen molar-refractivity contribution < 1.29 is 5.11 Å². The molecular formula is C12H23NO. The number of likely N-dealkylation sites (tertiary alicyclic amines) is 1. The summed E-state index contributed by atoms with van der Waals surface area (Å²) in [5.74, 6) is 0. The predicted molar refractivity (Wildman–Crippen MR) is 58.2 cm³/mol. The highest BCUT2D eigenvalue weighted by atomic mass is 16.3. The lowest BCUT2D eigenvalue weighted by Crippen LogP contribution is -2.48. The van der Waals surface area contributed by atoms with Crippen LogP contribution in [0, 0.1) is 5.41 Å². The number of rotatable bonds is 1. The highest BCUT2D eigenvalue weighted by Crippen LogP contribution is 2.33. The van der Waals surface area contributed by atoms with E-state index in [0.717, 1.165) is 6.42 Å². The van der Waals surface area contributed by atoms with Crippen LogP contribution < -0.4 is 0 Å². The van der Waals surface area contributed by atoms with Gasteiger partial charge in [-0.3, -0.25) is 4.90 Å². The van der Waals surface area contributed by atoms with Crippen LogP contribution in [0.5, 0.6) is 0 Å². The summed E-state index contributed by atoms with van der Waals surface area (Å²) in [6.07, 6.45) is 6.02. The molecule has 0 aromatic heterocycles. The lowest BCUT2D eigenvalue weighted by atomic mass is 9.83. The SMILES string of the molecule is CC1(C)CCCN([C@@H]2CCC[C@H]2O)C1. The molecule has 1 saturated carbocycles.